The van der Waals surface area contributed by atoms with Crippen LogP contribution < -0.4 is 0 Å². The van der Waals surface area contributed by atoms with Gasteiger partial charge in [0, 0.05) is 14.2 Å². The normalized spacial score (nSPS) is 14.9. The molecule has 0 saturated heterocycles. The molecule has 0 saturated carbocycles. The number of aliphatic carboxylic acids is 1. The van der Waals surface area contributed by atoms with E-state index in [9.17, 15) is 9.59 Å². The molecule has 0 aromatic rings. The smallest absolute Gasteiger partial charge is 0.410 e. The minimum absolute atomic E-state index is 0.620. The molecule has 0 aromatic heterocycles. The standard InChI is InChI=1S/C11H21NO5/c1-7(16-6)8(9(13)14)12(5)10(15)17-11(2,3)4/h7-8H,1-6H3,(H,13,14)/t7-,8+/m0/s1. The van der Waals surface area contributed by atoms with E-state index in [2.05, 4.69) is 0 Å². The molecule has 17 heavy (non-hydrogen) atoms. The van der Waals surface area contributed by atoms with E-state index in [1.54, 1.807) is 27.7 Å². The number of amides is 1. The Morgan fingerprint density at radius 1 is 1.29 bits per heavy atom. The first-order valence-electron chi connectivity index (χ1n) is 5.31. The predicted octanol–water partition coefficient (Wildman–Crippen LogP) is 1.34. The molecular weight excluding hydrogens is 226 g/mol. The molecule has 0 aliphatic heterocycles. The fourth-order valence-electron chi connectivity index (χ4n) is 1.26. The van der Waals surface area contributed by atoms with Gasteiger partial charge in [0.2, 0.25) is 0 Å². The molecule has 1 N–H and O–H groups in total. The van der Waals surface area contributed by atoms with Crippen LogP contribution in [0.25, 0.3) is 0 Å². The van der Waals surface area contributed by atoms with Crippen molar-refractivity contribution in [2.45, 2.75) is 45.4 Å². The number of hydrogen-bond acceptors (Lipinski definition) is 4. The summed E-state index contributed by atoms with van der Waals surface area (Å²) in [4.78, 5) is 23.8. The van der Waals surface area contributed by atoms with Gasteiger partial charge in [-0.3, -0.25) is 4.90 Å². The van der Waals surface area contributed by atoms with Gasteiger partial charge in [0.25, 0.3) is 0 Å². The fourth-order valence-corrected chi connectivity index (χ4v) is 1.26. The van der Waals surface area contributed by atoms with E-state index >= 15 is 0 Å². The Balaban J connectivity index is 4.79. The van der Waals surface area contributed by atoms with Gasteiger partial charge < -0.3 is 14.6 Å². The predicted molar refractivity (Wildman–Crippen MR) is 61.9 cm³/mol. The van der Waals surface area contributed by atoms with Crippen molar-refractivity contribution in [3.63, 3.8) is 0 Å². The van der Waals surface area contributed by atoms with E-state index in [-0.39, 0.29) is 0 Å². The van der Waals surface area contributed by atoms with Crippen LogP contribution in [0, 0.1) is 0 Å². The minimum atomic E-state index is -1.13. The van der Waals surface area contributed by atoms with Crippen LogP contribution in [-0.4, -0.2) is 54.0 Å². The number of hydrogen-bond donors (Lipinski definition) is 1. The zero-order valence-corrected chi connectivity index (χ0v) is 11.2. The summed E-state index contributed by atoms with van der Waals surface area (Å²) in [6, 6.07) is -1.07. The highest BCUT2D eigenvalue weighted by atomic mass is 16.6. The van der Waals surface area contributed by atoms with Crippen molar-refractivity contribution in [2.75, 3.05) is 14.2 Å². The Labute approximate surface area is 101 Å². The molecule has 0 spiro atoms. The number of carbonyl (C=O) groups excluding carboxylic acids is 1. The maximum Gasteiger partial charge on any atom is 0.410 e. The van der Waals surface area contributed by atoms with E-state index < -0.39 is 29.8 Å². The Morgan fingerprint density at radius 3 is 2.06 bits per heavy atom. The molecule has 0 aliphatic rings. The topological polar surface area (TPSA) is 76.1 Å². The molecule has 0 heterocycles. The first kappa shape index (κ1) is 15.7. The highest BCUT2D eigenvalue weighted by Crippen LogP contribution is 2.13. The van der Waals surface area contributed by atoms with Crippen LogP contribution in [0.4, 0.5) is 4.79 Å². The summed E-state index contributed by atoms with van der Waals surface area (Å²) in [5, 5.41) is 9.06. The van der Waals surface area contributed by atoms with Gasteiger partial charge in [-0.25, -0.2) is 9.59 Å². The van der Waals surface area contributed by atoms with Gasteiger partial charge in [-0.2, -0.15) is 0 Å². The van der Waals surface area contributed by atoms with Crippen molar-refractivity contribution in [3.05, 3.63) is 0 Å². The van der Waals surface area contributed by atoms with E-state index in [0.29, 0.717) is 0 Å². The molecule has 0 fully saturated rings. The Morgan fingerprint density at radius 2 is 1.76 bits per heavy atom. The van der Waals surface area contributed by atoms with Crippen LogP contribution in [0.2, 0.25) is 0 Å². The van der Waals surface area contributed by atoms with Gasteiger partial charge in [0.15, 0.2) is 6.04 Å². The van der Waals surface area contributed by atoms with Gasteiger partial charge in [-0.15, -0.1) is 0 Å². The van der Waals surface area contributed by atoms with Gasteiger partial charge in [0.1, 0.15) is 5.60 Å². The number of methoxy groups -OCH3 is 1. The lowest BCUT2D eigenvalue weighted by atomic mass is 10.1. The summed E-state index contributed by atoms with van der Waals surface area (Å²) in [7, 11) is 2.77. The Hall–Kier alpha value is -1.30. The van der Waals surface area contributed by atoms with Crippen LogP contribution in [0.5, 0.6) is 0 Å². The molecule has 2 atom stereocenters. The lowest BCUT2D eigenvalue weighted by Gasteiger charge is -2.30. The van der Waals surface area contributed by atoms with Crippen molar-refractivity contribution in [1.29, 1.82) is 0 Å². The quantitative estimate of drug-likeness (QED) is 0.811. The van der Waals surface area contributed by atoms with Crippen molar-refractivity contribution in [1.82, 2.24) is 4.90 Å². The first-order valence-corrected chi connectivity index (χ1v) is 5.31. The molecular formula is C11H21NO5. The second-order valence-electron chi connectivity index (χ2n) is 4.82. The van der Waals surface area contributed by atoms with Crippen LogP contribution in [0.3, 0.4) is 0 Å². The van der Waals surface area contributed by atoms with Crippen LogP contribution in [0.15, 0.2) is 0 Å². The summed E-state index contributed by atoms with van der Waals surface area (Å²) < 4.78 is 10.0. The number of likely N-dealkylation sites (N-methyl/N-ethyl adjacent to an activating group) is 1. The largest absolute Gasteiger partial charge is 0.480 e. The molecule has 0 radical (unpaired) electrons. The number of nitrogens with zero attached hydrogens (tertiary/aromatic N) is 1. The third-order valence-corrected chi connectivity index (χ3v) is 2.17. The monoisotopic (exact) mass is 247 g/mol. The molecule has 1 amide bonds. The van der Waals surface area contributed by atoms with E-state index in [4.69, 9.17) is 14.6 Å². The maximum absolute atomic E-state index is 11.7. The molecule has 0 bridgehead atoms. The average Bonchev–Trinajstić information content (AvgIpc) is 2.14. The molecule has 100 valence electrons. The average molecular weight is 247 g/mol. The van der Waals surface area contributed by atoms with Crippen molar-refractivity contribution < 1.29 is 24.2 Å². The van der Waals surface area contributed by atoms with E-state index in [1.807, 2.05) is 0 Å². The number of ether oxygens (including phenoxy) is 2. The molecule has 6 nitrogen and oxygen atoms in total. The number of rotatable bonds is 4. The fraction of sp³-hybridized carbons (Fsp3) is 0.818. The lowest BCUT2D eigenvalue weighted by molar-refractivity contribution is -0.147. The van der Waals surface area contributed by atoms with Gasteiger partial charge in [-0.05, 0) is 27.7 Å². The summed E-state index contributed by atoms with van der Waals surface area (Å²) in [6.07, 6.45) is -1.31. The summed E-state index contributed by atoms with van der Waals surface area (Å²) in [6.45, 7) is 6.73. The molecule has 0 rings (SSSR count). The molecule has 0 aromatic carbocycles. The van der Waals surface area contributed by atoms with E-state index in [0.717, 1.165) is 4.90 Å². The molecule has 6 heteroatoms. The summed E-state index contributed by atoms with van der Waals surface area (Å²) in [5.74, 6) is -1.13. The lowest BCUT2D eigenvalue weighted by Crippen LogP contribution is -2.50. The van der Waals surface area contributed by atoms with Crippen molar-refractivity contribution >= 4 is 12.1 Å². The first-order chi connectivity index (χ1) is 7.60. The maximum atomic E-state index is 11.7. The van der Waals surface area contributed by atoms with Gasteiger partial charge in [-0.1, -0.05) is 0 Å². The van der Waals surface area contributed by atoms with Crippen molar-refractivity contribution in [3.8, 4) is 0 Å². The second kappa shape index (κ2) is 5.86. The van der Waals surface area contributed by atoms with Gasteiger partial charge in [0.05, 0.1) is 6.10 Å². The third kappa shape index (κ3) is 5.04. The van der Waals surface area contributed by atoms with Crippen LogP contribution >= 0.6 is 0 Å². The third-order valence-electron chi connectivity index (χ3n) is 2.17. The van der Waals surface area contributed by atoms with Crippen molar-refractivity contribution in [2.24, 2.45) is 0 Å². The molecule has 0 aliphatic carbocycles. The molecule has 0 unspecified atom stereocenters. The van der Waals surface area contributed by atoms with E-state index in [1.165, 1.54) is 14.2 Å². The Bertz CT molecular complexity index is 284. The van der Waals surface area contributed by atoms with Gasteiger partial charge >= 0.3 is 12.1 Å². The highest BCUT2D eigenvalue weighted by molar-refractivity contribution is 5.80. The zero-order valence-electron chi connectivity index (χ0n) is 11.2. The summed E-state index contributed by atoms with van der Waals surface area (Å²) >= 11 is 0. The van der Waals surface area contributed by atoms with Crippen LogP contribution in [0.1, 0.15) is 27.7 Å². The number of carbonyl (C=O) groups is 2. The highest BCUT2D eigenvalue weighted by Gasteiger charge is 2.34. The SMILES string of the molecule is CO[C@@H](C)[C@H](C(=O)O)N(C)C(=O)OC(C)(C)C. The number of carboxylic acid groups (broad SMARTS) is 1. The summed E-state index contributed by atoms with van der Waals surface area (Å²) in [5.41, 5.74) is -0.662. The number of carboxylic acids is 1. The second-order valence-corrected chi connectivity index (χ2v) is 4.82. The zero-order chi connectivity index (χ0) is 13.8. The minimum Gasteiger partial charge on any atom is -0.480 e. The van der Waals surface area contributed by atoms with Crippen LogP contribution in [-0.2, 0) is 14.3 Å². The Kier molecular flexibility index (Phi) is 5.41.